The van der Waals surface area contributed by atoms with Crippen molar-refractivity contribution in [1.29, 1.82) is 0 Å². The van der Waals surface area contributed by atoms with Crippen molar-refractivity contribution >= 4 is 11.8 Å². The van der Waals surface area contributed by atoms with Gasteiger partial charge in [0.1, 0.15) is 0 Å². The second kappa shape index (κ2) is 18.5. The van der Waals surface area contributed by atoms with Crippen LogP contribution in [0.3, 0.4) is 0 Å². The van der Waals surface area contributed by atoms with Crippen LogP contribution in [0.1, 0.15) is 26.2 Å². The maximum atomic E-state index is 10.0. The van der Waals surface area contributed by atoms with Crippen LogP contribution in [0.15, 0.2) is 4.99 Å². The summed E-state index contributed by atoms with van der Waals surface area (Å²) in [5.74, 6) is -0.285. The molecule has 0 fully saturated rings. The molecule has 0 saturated carbocycles. The first kappa shape index (κ1) is 29.2. The summed E-state index contributed by atoms with van der Waals surface area (Å²) in [4.78, 5) is 13.9. The number of aliphatic imine (C=N–C) groups is 1. The largest absolute Gasteiger partial charge is 0.481 e. The van der Waals surface area contributed by atoms with Gasteiger partial charge in [-0.25, -0.2) is 0 Å². The molecule has 15 heavy (non-hydrogen) atoms. The zero-order valence-corrected chi connectivity index (χ0v) is 8.71. The highest BCUT2D eigenvalue weighted by Gasteiger charge is 1.94. The van der Waals surface area contributed by atoms with Crippen LogP contribution in [0.4, 0.5) is 0 Å². The highest BCUT2D eigenvalue weighted by Crippen LogP contribution is 1.88. The number of hydrogen-bond donors (Lipinski definition) is 2. The van der Waals surface area contributed by atoms with E-state index < -0.39 is 5.97 Å². The van der Waals surface area contributed by atoms with Gasteiger partial charge in [-0.3, -0.25) is 9.79 Å². The van der Waals surface area contributed by atoms with E-state index in [0.717, 1.165) is 12.8 Å². The smallest absolute Gasteiger partial charge is 0.305 e. The monoisotopic (exact) mass is 230 g/mol. The normalized spacial score (nSPS) is 8.47. The van der Waals surface area contributed by atoms with Crippen molar-refractivity contribution in [2.24, 2.45) is 10.7 Å². The molecule has 0 aromatic carbocycles. The molecule has 0 rings (SSSR count). The summed E-state index contributed by atoms with van der Waals surface area (Å²) in [6, 6.07) is 0. The van der Waals surface area contributed by atoms with Crippen LogP contribution in [0, 0.1) is 0 Å². The van der Waals surface area contributed by atoms with Crippen molar-refractivity contribution in [3.8, 4) is 0 Å². The van der Waals surface area contributed by atoms with E-state index in [1.54, 1.807) is 0 Å². The molecule has 0 aliphatic carbocycles. The van der Waals surface area contributed by atoms with Crippen molar-refractivity contribution in [3.05, 3.63) is 0 Å². The first-order valence-corrected chi connectivity index (χ1v) is 3.67. The highest BCUT2D eigenvalue weighted by molar-refractivity contribution is 5.80. The molecule has 0 saturated heterocycles. The Labute approximate surface area is 88.0 Å². The van der Waals surface area contributed by atoms with E-state index in [1.807, 2.05) is 6.92 Å². The third-order valence-corrected chi connectivity index (χ3v) is 1.15. The average Bonchev–Trinajstić information content (AvgIpc) is 1.87. The SMILES string of the molecule is CCCC(N)=NCCC(=O)O.O.O.O.O. The molecule has 8 nitrogen and oxygen atoms in total. The van der Waals surface area contributed by atoms with Crippen LogP contribution in [0.5, 0.6) is 0 Å². The molecule has 0 aliphatic rings. The minimum Gasteiger partial charge on any atom is -0.481 e. The lowest BCUT2D eigenvalue weighted by Crippen LogP contribution is -2.12. The maximum Gasteiger partial charge on any atom is 0.305 e. The Morgan fingerprint density at radius 3 is 2.00 bits per heavy atom. The van der Waals surface area contributed by atoms with Crippen LogP contribution in [-0.2, 0) is 4.79 Å². The Morgan fingerprint density at radius 1 is 1.20 bits per heavy atom. The van der Waals surface area contributed by atoms with Crippen LogP contribution in [-0.4, -0.2) is 45.4 Å². The maximum absolute atomic E-state index is 10.0. The third-order valence-electron chi connectivity index (χ3n) is 1.15. The summed E-state index contributed by atoms with van der Waals surface area (Å²) in [5.41, 5.74) is 5.43. The fourth-order valence-electron chi connectivity index (χ4n) is 0.630. The van der Waals surface area contributed by atoms with Crippen molar-refractivity contribution in [1.82, 2.24) is 0 Å². The molecular weight excluding hydrogens is 208 g/mol. The molecule has 0 aliphatic heterocycles. The molecule has 0 radical (unpaired) electrons. The molecule has 96 valence electrons. The lowest BCUT2D eigenvalue weighted by atomic mass is 10.3. The summed E-state index contributed by atoms with van der Waals surface area (Å²) in [6.45, 7) is 2.29. The number of aliphatic carboxylic acids is 1. The van der Waals surface area contributed by atoms with E-state index in [1.165, 1.54) is 0 Å². The number of carbonyl (C=O) groups is 1. The van der Waals surface area contributed by atoms with Gasteiger partial charge in [-0.05, 0) is 6.42 Å². The molecule has 0 spiro atoms. The molecular formula is C7H22N2O6. The average molecular weight is 230 g/mol. The molecule has 0 aromatic heterocycles. The minimum absolute atomic E-state index is 0. The lowest BCUT2D eigenvalue weighted by molar-refractivity contribution is -0.136. The van der Waals surface area contributed by atoms with Gasteiger partial charge >= 0.3 is 5.97 Å². The van der Waals surface area contributed by atoms with Gasteiger partial charge in [-0.2, -0.15) is 0 Å². The standard InChI is InChI=1S/C7H14N2O2.4H2O/c1-2-3-6(8)9-5-4-7(10)11;;;;/h2-5H2,1H3,(H2,8,9)(H,10,11);4*1H2. The molecule has 0 bridgehead atoms. The number of carboxylic acids is 1. The van der Waals surface area contributed by atoms with Crippen LogP contribution in [0.2, 0.25) is 0 Å². The summed E-state index contributed by atoms with van der Waals surface area (Å²) in [7, 11) is 0. The molecule has 0 aromatic rings. The highest BCUT2D eigenvalue weighted by atomic mass is 16.4. The van der Waals surface area contributed by atoms with Gasteiger partial charge in [0.15, 0.2) is 0 Å². The second-order valence-corrected chi connectivity index (χ2v) is 2.27. The summed E-state index contributed by atoms with van der Waals surface area (Å²) in [6.07, 6.45) is 1.76. The third kappa shape index (κ3) is 24.5. The second-order valence-electron chi connectivity index (χ2n) is 2.27. The predicted molar refractivity (Wildman–Crippen MR) is 58.1 cm³/mol. The van der Waals surface area contributed by atoms with Crippen molar-refractivity contribution in [3.63, 3.8) is 0 Å². The van der Waals surface area contributed by atoms with E-state index in [0.29, 0.717) is 12.4 Å². The van der Waals surface area contributed by atoms with Gasteiger partial charge in [-0.15, -0.1) is 0 Å². The Hall–Kier alpha value is -1.22. The van der Waals surface area contributed by atoms with Crippen molar-refractivity contribution in [2.45, 2.75) is 26.2 Å². The minimum atomic E-state index is -0.835. The Morgan fingerprint density at radius 2 is 1.67 bits per heavy atom. The molecule has 8 heteroatoms. The van der Waals surface area contributed by atoms with Crippen LogP contribution in [0.25, 0.3) is 0 Å². The van der Waals surface area contributed by atoms with E-state index in [2.05, 4.69) is 4.99 Å². The van der Waals surface area contributed by atoms with Gasteiger partial charge in [0.2, 0.25) is 0 Å². The number of carboxylic acid groups (broad SMARTS) is 1. The van der Waals surface area contributed by atoms with Crippen molar-refractivity contribution in [2.75, 3.05) is 6.54 Å². The number of hydrogen-bond acceptors (Lipinski definition) is 2. The van der Waals surface area contributed by atoms with Gasteiger partial charge in [0.25, 0.3) is 0 Å². The zero-order chi connectivity index (χ0) is 8.69. The summed E-state index contributed by atoms with van der Waals surface area (Å²) in [5, 5.41) is 8.25. The predicted octanol–water partition coefficient (Wildman–Crippen LogP) is -2.68. The summed E-state index contributed by atoms with van der Waals surface area (Å²) >= 11 is 0. The van der Waals surface area contributed by atoms with Crippen LogP contribution >= 0.6 is 0 Å². The molecule has 11 N–H and O–H groups in total. The number of nitrogens with two attached hydrogens (primary N) is 1. The zero-order valence-electron chi connectivity index (χ0n) is 8.71. The quantitative estimate of drug-likeness (QED) is 0.383. The van der Waals surface area contributed by atoms with E-state index in [4.69, 9.17) is 10.8 Å². The Balaban J connectivity index is -0.0000000833. The summed E-state index contributed by atoms with van der Waals surface area (Å²) < 4.78 is 0. The van der Waals surface area contributed by atoms with Crippen molar-refractivity contribution < 1.29 is 31.8 Å². The fraction of sp³-hybridized carbons (Fsp3) is 0.714. The molecule has 0 unspecified atom stereocenters. The van der Waals surface area contributed by atoms with Gasteiger partial charge in [-0.1, -0.05) is 6.92 Å². The van der Waals surface area contributed by atoms with Gasteiger partial charge < -0.3 is 32.7 Å². The number of amidine groups is 1. The Kier molecular flexibility index (Phi) is 36.1. The Bertz CT molecular complexity index is 162. The van der Waals surface area contributed by atoms with E-state index in [9.17, 15) is 4.79 Å². The number of nitrogens with zero attached hydrogens (tertiary/aromatic N) is 1. The topological polar surface area (TPSA) is 202 Å². The van der Waals surface area contributed by atoms with E-state index in [-0.39, 0.29) is 28.3 Å². The first-order chi connectivity index (χ1) is 5.16. The fourth-order valence-corrected chi connectivity index (χ4v) is 0.630. The number of rotatable bonds is 5. The van der Waals surface area contributed by atoms with E-state index >= 15 is 0 Å². The molecule has 0 amide bonds. The first-order valence-electron chi connectivity index (χ1n) is 3.67. The molecule has 0 atom stereocenters. The van der Waals surface area contributed by atoms with Crippen LogP contribution < -0.4 is 5.73 Å². The molecule has 0 heterocycles. The lowest BCUT2D eigenvalue weighted by Gasteiger charge is -1.95. The van der Waals surface area contributed by atoms with Gasteiger partial charge in [0.05, 0.1) is 18.8 Å². The van der Waals surface area contributed by atoms with Gasteiger partial charge in [0, 0.05) is 6.42 Å².